The zero-order chi connectivity index (χ0) is 13.0. The molecule has 3 amide bonds. The molecule has 1 saturated heterocycles. The first-order chi connectivity index (χ1) is 7.90. The monoisotopic (exact) mass is 260 g/mol. The van der Waals surface area contributed by atoms with Crippen LogP contribution in [0.1, 0.15) is 13.3 Å². The van der Waals surface area contributed by atoms with Gasteiger partial charge >= 0.3 is 5.97 Å². The van der Waals surface area contributed by atoms with E-state index in [0.717, 1.165) is 11.8 Å². The van der Waals surface area contributed by atoms with Crippen LogP contribution >= 0.6 is 11.8 Å². The van der Waals surface area contributed by atoms with E-state index in [2.05, 4.69) is 10.6 Å². The Morgan fingerprint density at radius 1 is 1.59 bits per heavy atom. The number of rotatable bonds is 5. The maximum absolute atomic E-state index is 11.2. The summed E-state index contributed by atoms with van der Waals surface area (Å²) in [6.07, 6.45) is 0.0515. The Kier molecular flexibility index (Phi) is 4.50. The number of carbonyl (C=O) groups excluding carboxylic acids is 3. The fraction of sp³-hybridized carbons (Fsp3) is 0.556. The molecule has 0 aliphatic carbocycles. The van der Waals surface area contributed by atoms with Gasteiger partial charge in [-0.15, -0.1) is 11.8 Å². The summed E-state index contributed by atoms with van der Waals surface area (Å²) in [6, 6.07) is -1.05. The van der Waals surface area contributed by atoms with Gasteiger partial charge in [-0.25, -0.2) is 4.79 Å². The first-order valence-corrected chi connectivity index (χ1v) is 5.90. The van der Waals surface area contributed by atoms with Crippen molar-refractivity contribution < 1.29 is 24.3 Å². The summed E-state index contributed by atoms with van der Waals surface area (Å²) in [5, 5.41) is 12.6. The highest BCUT2D eigenvalue weighted by Gasteiger charge is 2.32. The van der Waals surface area contributed by atoms with Crippen molar-refractivity contribution in [3.63, 3.8) is 0 Å². The first kappa shape index (κ1) is 13.5. The number of hydrogen-bond donors (Lipinski definition) is 3. The van der Waals surface area contributed by atoms with Crippen LogP contribution in [-0.2, 0) is 19.2 Å². The lowest BCUT2D eigenvalue weighted by Gasteiger charge is -2.14. The molecule has 94 valence electrons. The van der Waals surface area contributed by atoms with Crippen LogP contribution < -0.4 is 10.6 Å². The molecule has 0 aromatic heterocycles. The molecule has 1 aliphatic heterocycles. The third kappa shape index (κ3) is 4.06. The lowest BCUT2D eigenvalue weighted by atomic mass is 10.3. The Bertz CT molecular complexity index is 370. The van der Waals surface area contributed by atoms with E-state index in [4.69, 9.17) is 5.11 Å². The largest absolute Gasteiger partial charge is 0.480 e. The smallest absolute Gasteiger partial charge is 0.327 e. The zero-order valence-electron chi connectivity index (χ0n) is 9.06. The summed E-state index contributed by atoms with van der Waals surface area (Å²) in [5.41, 5.74) is 0. The van der Waals surface area contributed by atoms with Gasteiger partial charge in [0.2, 0.25) is 17.7 Å². The summed E-state index contributed by atoms with van der Waals surface area (Å²) in [5.74, 6) is -2.35. The predicted octanol–water partition coefficient (Wildman–Crippen LogP) is -1.28. The minimum absolute atomic E-state index is 0.0419. The Balaban J connectivity index is 2.46. The number of imide groups is 1. The number of carbonyl (C=O) groups is 4. The molecule has 7 nitrogen and oxygen atoms in total. The SMILES string of the molecule is CC(=O)NC(CSC1CC(=O)NC1=O)C(=O)O. The minimum Gasteiger partial charge on any atom is -0.480 e. The third-order valence-corrected chi connectivity index (χ3v) is 3.37. The van der Waals surface area contributed by atoms with Gasteiger partial charge in [0.1, 0.15) is 6.04 Å². The number of nitrogens with one attached hydrogen (secondary N) is 2. The fourth-order valence-electron chi connectivity index (χ4n) is 1.30. The number of carboxylic acids is 1. The second kappa shape index (κ2) is 5.67. The van der Waals surface area contributed by atoms with Gasteiger partial charge in [0.05, 0.1) is 5.25 Å². The van der Waals surface area contributed by atoms with E-state index in [1.165, 1.54) is 6.92 Å². The number of carboxylic acid groups (broad SMARTS) is 1. The number of amides is 3. The van der Waals surface area contributed by atoms with E-state index >= 15 is 0 Å². The zero-order valence-corrected chi connectivity index (χ0v) is 9.87. The van der Waals surface area contributed by atoms with Gasteiger partial charge in [-0.2, -0.15) is 0 Å². The lowest BCUT2D eigenvalue weighted by Crippen LogP contribution is -2.42. The van der Waals surface area contributed by atoms with E-state index in [0.29, 0.717) is 0 Å². The van der Waals surface area contributed by atoms with Crippen LogP contribution in [0.3, 0.4) is 0 Å². The molecular formula is C9H12N2O5S. The highest BCUT2D eigenvalue weighted by Crippen LogP contribution is 2.20. The molecule has 17 heavy (non-hydrogen) atoms. The van der Waals surface area contributed by atoms with Crippen LogP contribution in [0.25, 0.3) is 0 Å². The molecule has 2 atom stereocenters. The maximum atomic E-state index is 11.2. The van der Waals surface area contributed by atoms with Crippen LogP contribution in [0.5, 0.6) is 0 Å². The van der Waals surface area contributed by atoms with Crippen molar-refractivity contribution in [2.45, 2.75) is 24.6 Å². The van der Waals surface area contributed by atoms with Crippen molar-refractivity contribution in [3.8, 4) is 0 Å². The molecule has 2 unspecified atom stereocenters. The van der Waals surface area contributed by atoms with Crippen LogP contribution in [0.15, 0.2) is 0 Å². The van der Waals surface area contributed by atoms with Crippen molar-refractivity contribution in [2.24, 2.45) is 0 Å². The molecule has 0 bridgehead atoms. The van der Waals surface area contributed by atoms with Gasteiger partial charge in [0.25, 0.3) is 0 Å². The predicted molar refractivity (Wildman–Crippen MR) is 59.3 cm³/mol. The van der Waals surface area contributed by atoms with E-state index in [9.17, 15) is 19.2 Å². The van der Waals surface area contributed by atoms with Gasteiger partial charge in [-0.3, -0.25) is 19.7 Å². The van der Waals surface area contributed by atoms with Crippen LogP contribution in [0.2, 0.25) is 0 Å². The summed E-state index contributed by atoms with van der Waals surface area (Å²) >= 11 is 1.05. The molecule has 0 spiro atoms. The molecule has 3 N–H and O–H groups in total. The molecule has 0 aromatic carbocycles. The second-order valence-corrected chi connectivity index (χ2v) is 4.77. The van der Waals surface area contributed by atoms with Crippen molar-refractivity contribution in [3.05, 3.63) is 0 Å². The normalized spacial score (nSPS) is 20.9. The maximum Gasteiger partial charge on any atom is 0.327 e. The highest BCUT2D eigenvalue weighted by molar-refractivity contribution is 8.00. The summed E-state index contributed by atoms with van der Waals surface area (Å²) in [7, 11) is 0. The van der Waals surface area contributed by atoms with Crippen LogP contribution in [0, 0.1) is 0 Å². The number of aliphatic carboxylic acids is 1. The van der Waals surface area contributed by atoms with Gasteiger partial charge in [-0.1, -0.05) is 0 Å². The first-order valence-electron chi connectivity index (χ1n) is 4.85. The van der Waals surface area contributed by atoms with Crippen LogP contribution in [-0.4, -0.2) is 45.8 Å². The highest BCUT2D eigenvalue weighted by atomic mass is 32.2. The molecule has 1 fully saturated rings. The van der Waals surface area contributed by atoms with Gasteiger partial charge in [0, 0.05) is 19.1 Å². The molecular weight excluding hydrogens is 248 g/mol. The molecule has 0 aromatic rings. The molecule has 1 heterocycles. The Morgan fingerprint density at radius 3 is 2.65 bits per heavy atom. The minimum atomic E-state index is -1.17. The Morgan fingerprint density at radius 2 is 2.24 bits per heavy atom. The molecule has 1 rings (SSSR count). The molecule has 0 radical (unpaired) electrons. The van der Waals surface area contributed by atoms with Crippen LogP contribution in [0.4, 0.5) is 0 Å². The van der Waals surface area contributed by atoms with Gasteiger partial charge in [-0.05, 0) is 0 Å². The van der Waals surface area contributed by atoms with E-state index < -0.39 is 29.1 Å². The Hall–Kier alpha value is -1.57. The van der Waals surface area contributed by atoms with Crippen molar-refractivity contribution in [1.29, 1.82) is 0 Å². The number of thioether (sulfide) groups is 1. The summed E-state index contributed by atoms with van der Waals surface area (Å²) < 4.78 is 0. The standard InChI is InChI=1S/C9H12N2O5S/c1-4(12)10-5(9(15)16)3-17-6-2-7(13)11-8(6)14/h5-6H,2-3H2,1H3,(H,10,12)(H,15,16)(H,11,13,14). The average Bonchev–Trinajstić information content (AvgIpc) is 2.51. The third-order valence-electron chi connectivity index (χ3n) is 2.07. The van der Waals surface area contributed by atoms with E-state index in [-0.39, 0.29) is 18.1 Å². The number of hydrogen-bond acceptors (Lipinski definition) is 5. The molecule has 1 aliphatic rings. The van der Waals surface area contributed by atoms with Crippen molar-refractivity contribution in [1.82, 2.24) is 10.6 Å². The Labute approximate surface area is 101 Å². The molecule has 8 heteroatoms. The quantitative estimate of drug-likeness (QED) is 0.531. The average molecular weight is 260 g/mol. The topological polar surface area (TPSA) is 113 Å². The lowest BCUT2D eigenvalue weighted by molar-refractivity contribution is -0.140. The summed E-state index contributed by atoms with van der Waals surface area (Å²) in [4.78, 5) is 43.6. The van der Waals surface area contributed by atoms with E-state index in [1.54, 1.807) is 0 Å². The van der Waals surface area contributed by atoms with E-state index in [1.807, 2.05) is 0 Å². The van der Waals surface area contributed by atoms with Gasteiger partial charge in [0.15, 0.2) is 0 Å². The van der Waals surface area contributed by atoms with Crippen molar-refractivity contribution >= 4 is 35.5 Å². The fourth-order valence-corrected chi connectivity index (χ4v) is 2.43. The van der Waals surface area contributed by atoms with Gasteiger partial charge < -0.3 is 10.4 Å². The second-order valence-electron chi connectivity index (χ2n) is 3.53. The molecule has 0 saturated carbocycles. The van der Waals surface area contributed by atoms with Crippen molar-refractivity contribution in [2.75, 3.05) is 5.75 Å². The summed E-state index contributed by atoms with van der Waals surface area (Å²) in [6.45, 7) is 1.21.